The van der Waals surface area contributed by atoms with Gasteiger partial charge in [-0.05, 0) is 12.8 Å². The van der Waals surface area contributed by atoms with Gasteiger partial charge in [0, 0.05) is 17.7 Å². The maximum Gasteiger partial charge on any atom is 0.133 e. The van der Waals surface area contributed by atoms with Crippen LogP contribution in [0.2, 0.25) is 0 Å². The van der Waals surface area contributed by atoms with Gasteiger partial charge in [-0.3, -0.25) is 0 Å². The summed E-state index contributed by atoms with van der Waals surface area (Å²) in [6.45, 7) is 5.88. The van der Waals surface area contributed by atoms with E-state index in [9.17, 15) is 8.78 Å². The lowest BCUT2D eigenvalue weighted by Crippen LogP contribution is -2.02. The molecule has 0 unspecified atom stereocenters. The average molecular weight is 200 g/mol. The van der Waals surface area contributed by atoms with Crippen LogP contribution in [0.3, 0.4) is 0 Å². The van der Waals surface area contributed by atoms with Gasteiger partial charge in [0.05, 0.1) is 6.61 Å². The molecule has 0 aliphatic carbocycles. The van der Waals surface area contributed by atoms with Crippen molar-refractivity contribution in [1.29, 1.82) is 0 Å². The lowest BCUT2D eigenvalue weighted by atomic mass is 10.0. The second kappa shape index (κ2) is 4.40. The van der Waals surface area contributed by atoms with Crippen LogP contribution in [0.25, 0.3) is 0 Å². The van der Waals surface area contributed by atoms with E-state index in [1.54, 1.807) is 6.92 Å². The van der Waals surface area contributed by atoms with Crippen molar-refractivity contribution in [3.8, 4) is 5.75 Å². The molecule has 0 spiro atoms. The van der Waals surface area contributed by atoms with E-state index in [1.165, 1.54) is 6.07 Å². The fourth-order valence-electron chi connectivity index (χ4n) is 1.40. The van der Waals surface area contributed by atoms with Gasteiger partial charge in [-0.1, -0.05) is 13.8 Å². The third-order valence-corrected chi connectivity index (χ3v) is 1.93. The first kappa shape index (κ1) is 11.0. The van der Waals surface area contributed by atoms with Crippen LogP contribution < -0.4 is 4.74 Å². The average Bonchev–Trinajstić information content (AvgIpc) is 2.01. The number of hydrogen-bond acceptors (Lipinski definition) is 1. The molecule has 78 valence electrons. The maximum atomic E-state index is 13.4. The smallest absolute Gasteiger partial charge is 0.133 e. The van der Waals surface area contributed by atoms with E-state index in [2.05, 4.69) is 0 Å². The summed E-state index contributed by atoms with van der Waals surface area (Å²) in [7, 11) is 0. The van der Waals surface area contributed by atoms with Crippen LogP contribution in [0.1, 0.15) is 32.3 Å². The van der Waals surface area contributed by atoms with Gasteiger partial charge in [-0.2, -0.15) is 0 Å². The first-order valence-electron chi connectivity index (χ1n) is 4.68. The molecule has 0 radical (unpaired) electrons. The molecular formula is C11H14F2O. The van der Waals surface area contributed by atoms with E-state index < -0.39 is 11.6 Å². The molecule has 0 saturated heterocycles. The molecular weight excluding hydrogens is 186 g/mol. The Morgan fingerprint density at radius 1 is 1.29 bits per heavy atom. The van der Waals surface area contributed by atoms with Crippen molar-refractivity contribution in [3.63, 3.8) is 0 Å². The minimum Gasteiger partial charge on any atom is -0.493 e. The molecule has 0 saturated carbocycles. The van der Waals surface area contributed by atoms with Gasteiger partial charge < -0.3 is 4.74 Å². The summed E-state index contributed by atoms with van der Waals surface area (Å²) in [6.07, 6.45) is 0. The summed E-state index contributed by atoms with van der Waals surface area (Å²) in [5, 5.41) is 0. The Kier molecular flexibility index (Phi) is 3.44. The highest BCUT2D eigenvalue weighted by molar-refractivity contribution is 5.37. The molecule has 0 atom stereocenters. The minimum absolute atomic E-state index is 0.0165. The van der Waals surface area contributed by atoms with Gasteiger partial charge in [0.25, 0.3) is 0 Å². The molecule has 0 heterocycles. The van der Waals surface area contributed by atoms with Gasteiger partial charge in [-0.15, -0.1) is 0 Å². The zero-order valence-corrected chi connectivity index (χ0v) is 8.60. The fraction of sp³-hybridized carbons (Fsp3) is 0.455. The Balaban J connectivity index is 3.21. The number of ether oxygens (including phenoxy) is 1. The molecule has 0 aromatic heterocycles. The molecule has 0 aliphatic heterocycles. The summed E-state index contributed by atoms with van der Waals surface area (Å²) < 4.78 is 31.4. The molecule has 1 aromatic rings. The van der Waals surface area contributed by atoms with E-state index in [1.807, 2.05) is 13.8 Å². The highest BCUT2D eigenvalue weighted by atomic mass is 19.1. The quantitative estimate of drug-likeness (QED) is 0.725. The van der Waals surface area contributed by atoms with E-state index in [4.69, 9.17) is 4.74 Å². The SMILES string of the molecule is CCOc1cc(F)cc(F)c1C(C)C. The molecule has 0 N–H and O–H groups in total. The summed E-state index contributed by atoms with van der Waals surface area (Å²) >= 11 is 0. The molecule has 14 heavy (non-hydrogen) atoms. The van der Waals surface area contributed by atoms with Crippen LogP contribution in [0.15, 0.2) is 12.1 Å². The zero-order chi connectivity index (χ0) is 10.7. The first-order chi connectivity index (χ1) is 6.56. The van der Waals surface area contributed by atoms with Crippen LogP contribution >= 0.6 is 0 Å². The van der Waals surface area contributed by atoms with Crippen LogP contribution in [-0.4, -0.2) is 6.61 Å². The highest BCUT2D eigenvalue weighted by Crippen LogP contribution is 2.30. The molecule has 0 amide bonds. The molecule has 0 aliphatic rings. The van der Waals surface area contributed by atoms with Gasteiger partial charge in [-0.25, -0.2) is 8.78 Å². The van der Waals surface area contributed by atoms with E-state index in [-0.39, 0.29) is 5.92 Å². The van der Waals surface area contributed by atoms with E-state index in [0.29, 0.717) is 17.9 Å². The van der Waals surface area contributed by atoms with Crippen LogP contribution in [0, 0.1) is 11.6 Å². The van der Waals surface area contributed by atoms with Crippen molar-refractivity contribution >= 4 is 0 Å². The monoisotopic (exact) mass is 200 g/mol. The topological polar surface area (TPSA) is 9.23 Å². The zero-order valence-electron chi connectivity index (χ0n) is 8.60. The fourth-order valence-corrected chi connectivity index (χ4v) is 1.40. The van der Waals surface area contributed by atoms with Crippen molar-refractivity contribution in [2.75, 3.05) is 6.61 Å². The molecule has 1 rings (SSSR count). The lowest BCUT2D eigenvalue weighted by molar-refractivity contribution is 0.329. The molecule has 1 aromatic carbocycles. The number of benzene rings is 1. The number of hydrogen-bond donors (Lipinski definition) is 0. The predicted octanol–water partition coefficient (Wildman–Crippen LogP) is 3.49. The van der Waals surface area contributed by atoms with E-state index in [0.717, 1.165) is 6.07 Å². The maximum absolute atomic E-state index is 13.4. The molecule has 0 bridgehead atoms. The Bertz CT molecular complexity index is 321. The Morgan fingerprint density at radius 2 is 1.93 bits per heavy atom. The van der Waals surface area contributed by atoms with Crippen molar-refractivity contribution < 1.29 is 13.5 Å². The van der Waals surface area contributed by atoms with E-state index >= 15 is 0 Å². The van der Waals surface area contributed by atoms with Crippen molar-refractivity contribution in [3.05, 3.63) is 29.3 Å². The van der Waals surface area contributed by atoms with Crippen LogP contribution in [0.4, 0.5) is 8.78 Å². The normalized spacial score (nSPS) is 10.7. The van der Waals surface area contributed by atoms with Gasteiger partial charge in [0.2, 0.25) is 0 Å². The summed E-state index contributed by atoms with van der Waals surface area (Å²) in [5.41, 5.74) is 0.438. The summed E-state index contributed by atoms with van der Waals surface area (Å²) in [6, 6.07) is 2.11. The largest absolute Gasteiger partial charge is 0.493 e. The predicted molar refractivity (Wildman–Crippen MR) is 51.6 cm³/mol. The van der Waals surface area contributed by atoms with Gasteiger partial charge in [0.15, 0.2) is 0 Å². The van der Waals surface area contributed by atoms with Crippen molar-refractivity contribution in [2.24, 2.45) is 0 Å². The summed E-state index contributed by atoms with van der Waals surface area (Å²) in [5.74, 6) is -0.851. The third kappa shape index (κ3) is 2.22. The number of halogens is 2. The Hall–Kier alpha value is -1.12. The molecule has 1 nitrogen and oxygen atoms in total. The highest BCUT2D eigenvalue weighted by Gasteiger charge is 2.15. The number of rotatable bonds is 3. The Labute approximate surface area is 82.7 Å². The Morgan fingerprint density at radius 3 is 2.43 bits per heavy atom. The molecule has 3 heteroatoms. The second-order valence-corrected chi connectivity index (χ2v) is 3.39. The van der Waals surface area contributed by atoms with Gasteiger partial charge >= 0.3 is 0 Å². The first-order valence-corrected chi connectivity index (χ1v) is 4.68. The van der Waals surface area contributed by atoms with Crippen molar-refractivity contribution in [2.45, 2.75) is 26.7 Å². The third-order valence-electron chi connectivity index (χ3n) is 1.93. The molecule has 0 fully saturated rings. The van der Waals surface area contributed by atoms with Crippen LogP contribution in [-0.2, 0) is 0 Å². The van der Waals surface area contributed by atoms with Crippen molar-refractivity contribution in [1.82, 2.24) is 0 Å². The lowest BCUT2D eigenvalue weighted by Gasteiger charge is -2.13. The standard InChI is InChI=1S/C11H14F2O/c1-4-14-10-6-8(12)5-9(13)11(10)7(2)3/h5-7H,4H2,1-3H3. The second-order valence-electron chi connectivity index (χ2n) is 3.39. The summed E-state index contributed by atoms with van der Waals surface area (Å²) in [4.78, 5) is 0. The van der Waals surface area contributed by atoms with Crippen LogP contribution in [0.5, 0.6) is 5.75 Å². The minimum atomic E-state index is -0.602. The van der Waals surface area contributed by atoms with Gasteiger partial charge in [0.1, 0.15) is 17.4 Å².